The molecule has 0 aliphatic carbocycles. The summed E-state index contributed by atoms with van der Waals surface area (Å²) in [5.74, 6) is 1.41. The minimum absolute atomic E-state index is 0.0809. The maximum absolute atomic E-state index is 11.8. The molecular formula is C18H21NO2S. The molecule has 0 unspecified atom stereocenters. The molecule has 1 amide bonds. The largest absolute Gasteiger partial charge is 0.508 e. The third kappa shape index (κ3) is 6.22. The van der Waals surface area contributed by atoms with Crippen molar-refractivity contribution in [1.29, 1.82) is 0 Å². The molecule has 0 aliphatic rings. The number of nitrogens with one attached hydrogen (secondary N) is 1. The molecule has 0 atom stereocenters. The number of benzene rings is 2. The average molecular weight is 315 g/mol. The van der Waals surface area contributed by atoms with Crippen LogP contribution in [0.15, 0.2) is 59.5 Å². The van der Waals surface area contributed by atoms with Gasteiger partial charge in [0, 0.05) is 17.0 Å². The highest BCUT2D eigenvalue weighted by Gasteiger charge is 2.02. The molecule has 2 aromatic rings. The molecule has 0 radical (unpaired) electrons. The van der Waals surface area contributed by atoms with Crippen molar-refractivity contribution in [1.82, 2.24) is 0 Å². The summed E-state index contributed by atoms with van der Waals surface area (Å²) in [5, 5.41) is 12.1. The molecule has 0 saturated heterocycles. The van der Waals surface area contributed by atoms with Crippen molar-refractivity contribution in [3.63, 3.8) is 0 Å². The van der Waals surface area contributed by atoms with E-state index in [-0.39, 0.29) is 5.91 Å². The van der Waals surface area contributed by atoms with Gasteiger partial charge in [0.25, 0.3) is 0 Å². The van der Waals surface area contributed by atoms with Gasteiger partial charge in [-0.05, 0) is 55.0 Å². The van der Waals surface area contributed by atoms with Gasteiger partial charge in [-0.15, -0.1) is 11.8 Å². The van der Waals surface area contributed by atoms with Crippen molar-refractivity contribution in [2.75, 3.05) is 11.1 Å². The third-order valence-electron chi connectivity index (χ3n) is 3.21. The molecule has 2 aromatic carbocycles. The number of carbonyl (C=O) groups excluding carboxylic acids is 1. The summed E-state index contributed by atoms with van der Waals surface area (Å²) in [7, 11) is 0. The number of phenolic OH excluding ortho intramolecular Hbond substituents is 1. The Balaban J connectivity index is 1.54. The number of rotatable bonds is 8. The number of amides is 1. The van der Waals surface area contributed by atoms with E-state index in [2.05, 4.69) is 5.32 Å². The van der Waals surface area contributed by atoms with Crippen LogP contribution in [0.2, 0.25) is 0 Å². The lowest BCUT2D eigenvalue weighted by molar-refractivity contribution is -0.116. The van der Waals surface area contributed by atoms with Crippen molar-refractivity contribution in [2.45, 2.75) is 30.6 Å². The fourth-order valence-electron chi connectivity index (χ4n) is 2.04. The summed E-state index contributed by atoms with van der Waals surface area (Å²) in [6.45, 7) is 0. The highest BCUT2D eigenvalue weighted by molar-refractivity contribution is 7.99. The number of unbranched alkanes of at least 4 members (excludes halogenated alkanes) is 2. The Labute approximate surface area is 135 Å². The second-order valence-electron chi connectivity index (χ2n) is 5.07. The first-order chi connectivity index (χ1) is 10.7. The maximum Gasteiger partial charge on any atom is 0.224 e. The molecule has 0 bridgehead atoms. The number of aromatic hydroxyl groups is 1. The van der Waals surface area contributed by atoms with E-state index in [0.29, 0.717) is 12.2 Å². The number of carbonyl (C=O) groups is 1. The second-order valence-corrected chi connectivity index (χ2v) is 6.24. The Morgan fingerprint density at radius 3 is 2.41 bits per heavy atom. The van der Waals surface area contributed by atoms with E-state index in [0.717, 1.165) is 30.7 Å². The lowest BCUT2D eigenvalue weighted by Crippen LogP contribution is -2.10. The summed E-state index contributed by atoms with van der Waals surface area (Å²) in [6, 6.07) is 16.8. The quantitative estimate of drug-likeness (QED) is 0.549. The van der Waals surface area contributed by atoms with Crippen LogP contribution >= 0.6 is 11.8 Å². The van der Waals surface area contributed by atoms with Crippen molar-refractivity contribution in [3.8, 4) is 5.75 Å². The summed E-state index contributed by atoms with van der Waals surface area (Å²) in [5.41, 5.74) is 0.857. The number of phenols is 1. The Morgan fingerprint density at radius 2 is 1.68 bits per heavy atom. The van der Waals surface area contributed by atoms with Crippen molar-refractivity contribution in [3.05, 3.63) is 54.6 Å². The molecule has 0 aromatic heterocycles. The van der Waals surface area contributed by atoms with Crippen LogP contribution in [-0.2, 0) is 4.79 Å². The van der Waals surface area contributed by atoms with Crippen LogP contribution in [0.1, 0.15) is 25.7 Å². The van der Waals surface area contributed by atoms with Gasteiger partial charge in [0.1, 0.15) is 5.75 Å². The van der Waals surface area contributed by atoms with Crippen LogP contribution in [0.25, 0.3) is 0 Å². The average Bonchev–Trinajstić information content (AvgIpc) is 2.53. The van der Waals surface area contributed by atoms with Gasteiger partial charge >= 0.3 is 0 Å². The van der Waals surface area contributed by atoms with Crippen LogP contribution in [0.5, 0.6) is 5.75 Å². The standard InChI is InChI=1S/C18H21NO2S/c20-16-10-12-17(13-11-16)22-14-6-2-5-9-18(21)19-15-7-3-1-4-8-15/h1,3-4,7-8,10-13,20H,2,5-6,9,14H2,(H,19,21). The van der Waals surface area contributed by atoms with Crippen LogP contribution in [0.3, 0.4) is 0 Å². The first-order valence-electron chi connectivity index (χ1n) is 7.51. The second kappa shape index (κ2) is 9.15. The maximum atomic E-state index is 11.8. The molecule has 2 N–H and O–H groups in total. The van der Waals surface area contributed by atoms with E-state index in [9.17, 15) is 9.90 Å². The van der Waals surface area contributed by atoms with Gasteiger partial charge in [-0.2, -0.15) is 0 Å². The molecule has 0 spiro atoms. The molecule has 0 aliphatic heterocycles. The topological polar surface area (TPSA) is 49.3 Å². The van der Waals surface area contributed by atoms with E-state index in [1.54, 1.807) is 23.9 Å². The number of hydrogen-bond donors (Lipinski definition) is 2. The number of thioether (sulfide) groups is 1. The molecule has 2 rings (SSSR count). The zero-order chi connectivity index (χ0) is 15.6. The van der Waals surface area contributed by atoms with Crippen molar-refractivity contribution >= 4 is 23.4 Å². The van der Waals surface area contributed by atoms with Crippen LogP contribution in [0, 0.1) is 0 Å². The van der Waals surface area contributed by atoms with Crippen LogP contribution in [-0.4, -0.2) is 16.8 Å². The summed E-state index contributed by atoms with van der Waals surface area (Å²) in [4.78, 5) is 12.9. The van der Waals surface area contributed by atoms with Crippen LogP contribution < -0.4 is 5.32 Å². The first kappa shape index (κ1) is 16.4. The molecule has 116 valence electrons. The van der Waals surface area contributed by atoms with Gasteiger partial charge in [0.15, 0.2) is 0 Å². The van der Waals surface area contributed by atoms with Gasteiger partial charge in [0.2, 0.25) is 5.91 Å². The van der Waals surface area contributed by atoms with E-state index in [1.807, 2.05) is 42.5 Å². The lowest BCUT2D eigenvalue weighted by atomic mass is 10.2. The number of hydrogen-bond acceptors (Lipinski definition) is 3. The van der Waals surface area contributed by atoms with E-state index < -0.39 is 0 Å². The summed E-state index contributed by atoms with van der Waals surface area (Å²) < 4.78 is 0. The lowest BCUT2D eigenvalue weighted by Gasteiger charge is -2.05. The van der Waals surface area contributed by atoms with Crippen LogP contribution in [0.4, 0.5) is 5.69 Å². The summed E-state index contributed by atoms with van der Waals surface area (Å²) >= 11 is 1.78. The normalized spacial score (nSPS) is 10.4. The number of para-hydroxylation sites is 1. The monoisotopic (exact) mass is 315 g/mol. The Morgan fingerprint density at radius 1 is 0.955 bits per heavy atom. The van der Waals surface area contributed by atoms with Gasteiger partial charge in [-0.1, -0.05) is 24.6 Å². The smallest absolute Gasteiger partial charge is 0.224 e. The highest BCUT2D eigenvalue weighted by Crippen LogP contribution is 2.22. The van der Waals surface area contributed by atoms with Gasteiger partial charge < -0.3 is 10.4 Å². The molecule has 22 heavy (non-hydrogen) atoms. The minimum atomic E-state index is 0.0809. The van der Waals surface area contributed by atoms with Gasteiger partial charge in [0.05, 0.1) is 0 Å². The van der Waals surface area contributed by atoms with Crippen molar-refractivity contribution in [2.24, 2.45) is 0 Å². The zero-order valence-electron chi connectivity index (χ0n) is 12.5. The fraction of sp³-hybridized carbons (Fsp3) is 0.278. The molecule has 3 nitrogen and oxygen atoms in total. The molecule has 0 heterocycles. The number of anilines is 1. The SMILES string of the molecule is O=C(CCCCCSc1ccc(O)cc1)Nc1ccccc1. The molecule has 4 heteroatoms. The predicted octanol–water partition coefficient (Wildman–Crippen LogP) is 4.68. The molecule has 0 fully saturated rings. The van der Waals surface area contributed by atoms with E-state index in [4.69, 9.17) is 0 Å². The zero-order valence-corrected chi connectivity index (χ0v) is 13.3. The summed E-state index contributed by atoms with van der Waals surface area (Å²) in [6.07, 6.45) is 3.62. The van der Waals surface area contributed by atoms with E-state index in [1.165, 1.54) is 4.90 Å². The molecule has 0 saturated carbocycles. The highest BCUT2D eigenvalue weighted by atomic mass is 32.2. The molecular weight excluding hydrogens is 294 g/mol. The van der Waals surface area contributed by atoms with Gasteiger partial charge in [-0.25, -0.2) is 0 Å². The first-order valence-corrected chi connectivity index (χ1v) is 8.49. The minimum Gasteiger partial charge on any atom is -0.508 e. The van der Waals surface area contributed by atoms with Gasteiger partial charge in [-0.3, -0.25) is 4.79 Å². The Hall–Kier alpha value is -1.94. The van der Waals surface area contributed by atoms with Crippen molar-refractivity contribution < 1.29 is 9.90 Å². The Bertz CT molecular complexity index is 569. The fourth-order valence-corrected chi connectivity index (χ4v) is 2.95. The predicted molar refractivity (Wildman–Crippen MR) is 92.4 cm³/mol. The third-order valence-corrected chi connectivity index (χ3v) is 4.31. The Kier molecular flexibility index (Phi) is 6.84. The van der Waals surface area contributed by atoms with E-state index >= 15 is 0 Å².